The standard InChI is InChI=1S/C35H29FN2O6/c1-18(39)19-11-13-21(14-12-19)37-31(41)23-16-15-22-25(28(23)33(37)43)17-26-32(42)38(20-7-4-3-5-8-20)34(44)35(26,2)29(22)24-9-6-10-27(36)30(24)40/h3-15,23,25-26,28-29,40H,16-17H2,1-2H3. The van der Waals surface area contributed by atoms with Gasteiger partial charge in [-0.05, 0) is 75.1 Å². The highest BCUT2D eigenvalue weighted by Crippen LogP contribution is 2.64. The maximum Gasteiger partial charge on any atom is 0.241 e. The number of phenolic OH excluding ortho intramolecular Hbond substituents is 1. The molecule has 2 aliphatic heterocycles. The third-order valence-electron chi connectivity index (χ3n) is 10.2. The average Bonchev–Trinajstić information content (AvgIpc) is 3.38. The lowest BCUT2D eigenvalue weighted by Gasteiger charge is -2.49. The van der Waals surface area contributed by atoms with Gasteiger partial charge >= 0.3 is 0 Å². The van der Waals surface area contributed by atoms with Crippen LogP contribution in [0.1, 0.15) is 48.5 Å². The first-order chi connectivity index (χ1) is 21.1. The first kappa shape index (κ1) is 27.9. The number of amides is 4. The number of imide groups is 2. The van der Waals surface area contributed by atoms with E-state index in [9.17, 15) is 33.5 Å². The van der Waals surface area contributed by atoms with Crippen LogP contribution >= 0.6 is 0 Å². The number of nitrogens with zero attached hydrogens (tertiary/aromatic N) is 2. The van der Waals surface area contributed by atoms with Gasteiger partial charge in [-0.2, -0.15) is 0 Å². The Kier molecular flexibility index (Phi) is 6.21. The van der Waals surface area contributed by atoms with Crippen molar-refractivity contribution < 1.29 is 33.5 Å². The Balaban J connectivity index is 1.36. The molecule has 2 heterocycles. The normalized spacial score (nSPS) is 29.3. The number of allylic oxidation sites excluding steroid dienone is 2. The van der Waals surface area contributed by atoms with Gasteiger partial charge in [-0.15, -0.1) is 0 Å². The Hall–Kier alpha value is -4.92. The maximum absolute atomic E-state index is 14.8. The summed E-state index contributed by atoms with van der Waals surface area (Å²) in [6, 6.07) is 19.0. The number of Topliss-reactive ketones (excluding diaryl/α,β-unsaturated/α-hetero) is 1. The molecule has 2 aliphatic carbocycles. The molecule has 7 rings (SSSR count). The summed E-state index contributed by atoms with van der Waals surface area (Å²) in [7, 11) is 0. The predicted molar refractivity (Wildman–Crippen MR) is 158 cm³/mol. The molecule has 0 aromatic heterocycles. The fourth-order valence-electron chi connectivity index (χ4n) is 8.05. The van der Waals surface area contributed by atoms with E-state index in [0.29, 0.717) is 22.5 Å². The number of carbonyl (C=O) groups is 5. The molecule has 8 nitrogen and oxygen atoms in total. The Bertz CT molecular complexity index is 1800. The SMILES string of the molecule is CC(=O)c1ccc(N2C(=O)C3CC=C4C(CC5C(=O)N(c6ccccc6)C(=O)C5(C)C4c4cccc(F)c4O)C3C2=O)cc1. The van der Waals surface area contributed by atoms with Crippen LogP contribution in [-0.2, 0) is 19.2 Å². The van der Waals surface area contributed by atoms with Gasteiger partial charge in [0.25, 0.3) is 0 Å². The zero-order valence-electron chi connectivity index (χ0n) is 24.1. The summed E-state index contributed by atoms with van der Waals surface area (Å²) in [5, 5.41) is 11.0. The molecular formula is C35H29FN2O6. The van der Waals surface area contributed by atoms with E-state index in [2.05, 4.69) is 0 Å². The van der Waals surface area contributed by atoms with Crippen molar-refractivity contribution in [1.29, 1.82) is 0 Å². The number of fused-ring (bicyclic) bond motifs is 4. The summed E-state index contributed by atoms with van der Waals surface area (Å²) in [6.07, 6.45) is 2.19. The number of ketones is 1. The number of phenols is 1. The second-order valence-corrected chi connectivity index (χ2v) is 12.3. The monoisotopic (exact) mass is 592 g/mol. The molecule has 1 saturated carbocycles. The highest BCUT2D eigenvalue weighted by Gasteiger charge is 2.68. The summed E-state index contributed by atoms with van der Waals surface area (Å²) in [5.41, 5.74) is 0.631. The van der Waals surface area contributed by atoms with Gasteiger partial charge in [0.2, 0.25) is 23.6 Å². The molecule has 3 aromatic carbocycles. The molecular weight excluding hydrogens is 563 g/mol. The number of aromatic hydroxyl groups is 1. The van der Waals surface area contributed by atoms with Crippen molar-refractivity contribution in [3.63, 3.8) is 0 Å². The van der Waals surface area contributed by atoms with Gasteiger partial charge in [0.1, 0.15) is 0 Å². The summed E-state index contributed by atoms with van der Waals surface area (Å²) < 4.78 is 14.8. The molecule has 6 unspecified atom stereocenters. The summed E-state index contributed by atoms with van der Waals surface area (Å²) in [4.78, 5) is 70.4. The highest BCUT2D eigenvalue weighted by atomic mass is 19.1. The number of carbonyl (C=O) groups excluding carboxylic acids is 5. The smallest absolute Gasteiger partial charge is 0.241 e. The van der Waals surface area contributed by atoms with Gasteiger partial charge in [-0.25, -0.2) is 9.29 Å². The Labute approximate surface area is 252 Å². The molecule has 4 aliphatic rings. The molecule has 3 fully saturated rings. The maximum atomic E-state index is 14.8. The molecule has 4 amide bonds. The van der Waals surface area contributed by atoms with Crippen LogP contribution in [-0.4, -0.2) is 34.5 Å². The van der Waals surface area contributed by atoms with Crippen molar-refractivity contribution in [3.8, 4) is 5.75 Å². The van der Waals surface area contributed by atoms with Crippen molar-refractivity contribution in [2.45, 2.75) is 32.6 Å². The second-order valence-electron chi connectivity index (χ2n) is 12.3. The minimum absolute atomic E-state index is 0.139. The van der Waals surface area contributed by atoms with Gasteiger partial charge in [0, 0.05) is 17.0 Å². The van der Waals surface area contributed by atoms with E-state index < -0.39 is 64.3 Å². The lowest BCUT2D eigenvalue weighted by atomic mass is 9.51. The minimum Gasteiger partial charge on any atom is -0.505 e. The summed E-state index contributed by atoms with van der Waals surface area (Å²) in [6.45, 7) is 3.12. The molecule has 44 heavy (non-hydrogen) atoms. The number of anilines is 2. The number of para-hydroxylation sites is 2. The van der Waals surface area contributed by atoms with Gasteiger partial charge in [0.05, 0.1) is 34.5 Å². The number of hydrogen-bond donors (Lipinski definition) is 1. The number of hydrogen-bond acceptors (Lipinski definition) is 6. The topological polar surface area (TPSA) is 112 Å². The summed E-state index contributed by atoms with van der Waals surface area (Å²) >= 11 is 0. The molecule has 0 radical (unpaired) electrons. The fraction of sp³-hybridized carbons (Fsp3) is 0.286. The number of benzene rings is 3. The van der Waals surface area contributed by atoms with Crippen LogP contribution in [0.4, 0.5) is 15.8 Å². The van der Waals surface area contributed by atoms with Gasteiger partial charge in [-0.1, -0.05) is 42.0 Å². The minimum atomic E-state index is -1.39. The lowest BCUT2D eigenvalue weighted by Crippen LogP contribution is -2.49. The molecule has 6 atom stereocenters. The lowest BCUT2D eigenvalue weighted by molar-refractivity contribution is -0.131. The fourth-order valence-corrected chi connectivity index (χ4v) is 8.05. The molecule has 2 saturated heterocycles. The van der Waals surface area contributed by atoms with Gasteiger partial charge < -0.3 is 5.11 Å². The molecule has 1 N–H and O–H groups in total. The number of halogens is 1. The average molecular weight is 593 g/mol. The Morgan fingerprint density at radius 1 is 0.841 bits per heavy atom. The zero-order valence-corrected chi connectivity index (χ0v) is 24.1. The van der Waals surface area contributed by atoms with E-state index in [1.807, 2.05) is 6.08 Å². The van der Waals surface area contributed by atoms with Gasteiger partial charge in [-0.3, -0.25) is 28.9 Å². The van der Waals surface area contributed by atoms with Crippen LogP contribution < -0.4 is 9.80 Å². The van der Waals surface area contributed by atoms with E-state index >= 15 is 0 Å². The predicted octanol–water partition coefficient (Wildman–Crippen LogP) is 5.17. The molecule has 222 valence electrons. The van der Waals surface area contributed by atoms with E-state index in [-0.39, 0.29) is 30.1 Å². The third-order valence-corrected chi connectivity index (χ3v) is 10.2. The third kappa shape index (κ3) is 3.71. The van der Waals surface area contributed by atoms with E-state index in [0.717, 1.165) is 15.9 Å². The van der Waals surface area contributed by atoms with Crippen molar-refractivity contribution >= 4 is 40.8 Å². The van der Waals surface area contributed by atoms with Crippen LogP contribution in [0.3, 0.4) is 0 Å². The first-order valence-corrected chi connectivity index (χ1v) is 14.6. The van der Waals surface area contributed by atoms with Crippen LogP contribution in [0.25, 0.3) is 0 Å². The van der Waals surface area contributed by atoms with Crippen molar-refractivity contribution in [2.24, 2.45) is 29.1 Å². The number of rotatable bonds is 4. The second kappa shape index (κ2) is 9.80. The Morgan fingerprint density at radius 2 is 1.52 bits per heavy atom. The van der Waals surface area contributed by atoms with Crippen LogP contribution in [0.15, 0.2) is 84.4 Å². The van der Waals surface area contributed by atoms with Crippen LogP contribution in [0.2, 0.25) is 0 Å². The van der Waals surface area contributed by atoms with Crippen molar-refractivity contribution in [3.05, 3.63) is 101 Å². The van der Waals surface area contributed by atoms with Crippen LogP contribution in [0, 0.1) is 34.9 Å². The van der Waals surface area contributed by atoms with Crippen molar-refractivity contribution in [1.82, 2.24) is 0 Å². The highest BCUT2D eigenvalue weighted by molar-refractivity contribution is 6.25. The first-order valence-electron chi connectivity index (χ1n) is 14.6. The van der Waals surface area contributed by atoms with Crippen molar-refractivity contribution in [2.75, 3.05) is 9.80 Å². The molecule has 0 bridgehead atoms. The molecule has 0 spiro atoms. The Morgan fingerprint density at radius 3 is 2.20 bits per heavy atom. The van der Waals surface area contributed by atoms with E-state index in [4.69, 9.17) is 0 Å². The van der Waals surface area contributed by atoms with Crippen LogP contribution in [0.5, 0.6) is 5.75 Å². The molecule has 3 aromatic rings. The molecule has 9 heteroatoms. The van der Waals surface area contributed by atoms with E-state index in [1.165, 1.54) is 13.0 Å². The van der Waals surface area contributed by atoms with E-state index in [1.54, 1.807) is 67.6 Å². The largest absolute Gasteiger partial charge is 0.505 e. The zero-order chi connectivity index (χ0) is 31.1. The quantitative estimate of drug-likeness (QED) is 0.254. The summed E-state index contributed by atoms with van der Waals surface area (Å²) in [5.74, 6) is -7.22. The van der Waals surface area contributed by atoms with Gasteiger partial charge in [0.15, 0.2) is 17.3 Å².